The minimum absolute atomic E-state index is 0.0545. The molecule has 4 rings (SSSR count). The Morgan fingerprint density at radius 3 is 2.41 bits per heavy atom. The fourth-order valence-corrected chi connectivity index (χ4v) is 4.68. The molecule has 0 aliphatic carbocycles. The maximum Gasteiger partial charge on any atom is 0.343 e. The quantitative estimate of drug-likeness (QED) is 0.103. The summed E-state index contributed by atoms with van der Waals surface area (Å²) in [6.45, 7) is -0.391. The Kier molecular flexibility index (Phi) is 9.43. The summed E-state index contributed by atoms with van der Waals surface area (Å²) in [4.78, 5) is 67.4. The first-order chi connectivity index (χ1) is 20.9. The average molecular weight is 605 g/mol. The number of hydrogen-bond acceptors (Lipinski definition) is 8. The molecule has 0 fully saturated rings. The Morgan fingerprint density at radius 1 is 0.977 bits per heavy atom. The molecule has 14 nitrogen and oxygen atoms in total. The van der Waals surface area contributed by atoms with Crippen molar-refractivity contribution < 1.29 is 48.8 Å². The van der Waals surface area contributed by atoms with Crippen LogP contribution in [0.3, 0.4) is 0 Å². The molecule has 44 heavy (non-hydrogen) atoms. The lowest BCUT2D eigenvalue weighted by Crippen LogP contribution is -2.46. The molecule has 3 aromatic rings. The van der Waals surface area contributed by atoms with Gasteiger partial charge in [-0.25, -0.2) is 19.4 Å². The Hall–Kier alpha value is -5.92. The number of carboxylic acid groups (broad SMARTS) is 3. The van der Waals surface area contributed by atoms with E-state index in [-0.39, 0.29) is 46.3 Å². The van der Waals surface area contributed by atoms with Gasteiger partial charge in [-0.1, -0.05) is 18.2 Å². The number of ether oxygens (including phenoxy) is 2. The van der Waals surface area contributed by atoms with Gasteiger partial charge in [0.25, 0.3) is 5.91 Å². The second kappa shape index (κ2) is 13.4. The van der Waals surface area contributed by atoms with E-state index in [2.05, 4.69) is 4.99 Å². The van der Waals surface area contributed by atoms with Crippen LogP contribution in [0, 0.1) is 0 Å². The van der Waals surface area contributed by atoms with E-state index in [1.165, 1.54) is 54.6 Å². The normalized spacial score (nSPS) is 13.1. The largest absolute Gasteiger partial charge is 0.489 e. The number of carbonyl (C=O) groups is 5. The number of amides is 1. The van der Waals surface area contributed by atoms with E-state index in [9.17, 15) is 39.3 Å². The number of aliphatic carboxylic acids is 2. The monoisotopic (exact) mass is 604 g/mol. The summed E-state index contributed by atoms with van der Waals surface area (Å²) in [7, 11) is 0. The molecule has 14 heteroatoms. The van der Waals surface area contributed by atoms with Gasteiger partial charge in [-0.15, -0.1) is 0 Å². The summed E-state index contributed by atoms with van der Waals surface area (Å²) >= 11 is 0. The first-order valence-electron chi connectivity index (χ1n) is 13.2. The van der Waals surface area contributed by atoms with Crippen molar-refractivity contribution >= 4 is 41.4 Å². The molecule has 0 spiro atoms. The zero-order valence-corrected chi connectivity index (χ0v) is 23.1. The van der Waals surface area contributed by atoms with Crippen LogP contribution in [0.15, 0.2) is 65.7 Å². The van der Waals surface area contributed by atoms with Crippen LogP contribution in [0.5, 0.6) is 11.5 Å². The van der Waals surface area contributed by atoms with Crippen LogP contribution in [0.4, 0.5) is 5.69 Å². The number of carboxylic acids is 3. The predicted molar refractivity (Wildman–Crippen MR) is 154 cm³/mol. The molecular weight excluding hydrogens is 576 g/mol. The molecule has 0 unspecified atom stereocenters. The fraction of sp³-hybridized carbons (Fsp3) is 0.200. The van der Waals surface area contributed by atoms with Gasteiger partial charge in [0.15, 0.2) is 17.5 Å². The summed E-state index contributed by atoms with van der Waals surface area (Å²) in [5.41, 5.74) is 12.1. The van der Waals surface area contributed by atoms with E-state index in [4.69, 9.17) is 20.9 Å². The van der Waals surface area contributed by atoms with Crippen molar-refractivity contribution in [2.45, 2.75) is 31.8 Å². The molecule has 0 saturated carbocycles. The summed E-state index contributed by atoms with van der Waals surface area (Å²) in [6, 6.07) is 12.4. The van der Waals surface area contributed by atoms with E-state index >= 15 is 0 Å². The number of hydrogen-bond donors (Lipinski definition) is 5. The Morgan fingerprint density at radius 2 is 1.73 bits per heavy atom. The zero-order chi connectivity index (χ0) is 32.0. The molecule has 228 valence electrons. The lowest BCUT2D eigenvalue weighted by atomic mass is 10.0. The highest BCUT2D eigenvalue weighted by Crippen LogP contribution is 2.35. The van der Waals surface area contributed by atoms with Crippen molar-refractivity contribution in [2.75, 3.05) is 6.61 Å². The highest BCUT2D eigenvalue weighted by atomic mass is 16.6. The number of nitrogens with two attached hydrogens (primary N) is 2. The lowest BCUT2D eigenvalue weighted by Gasteiger charge is -2.29. The maximum absolute atomic E-state index is 14.0. The molecule has 1 aliphatic rings. The third kappa shape index (κ3) is 7.28. The molecular formula is C30H28N4O10. The molecule has 0 bridgehead atoms. The number of rotatable bonds is 9. The molecule has 1 amide bonds. The molecule has 0 radical (unpaired) electrons. The van der Waals surface area contributed by atoms with Crippen molar-refractivity contribution in [3.63, 3.8) is 0 Å². The van der Waals surface area contributed by atoms with Crippen LogP contribution in [0.25, 0.3) is 0 Å². The van der Waals surface area contributed by atoms with Crippen molar-refractivity contribution in [2.24, 2.45) is 16.5 Å². The molecule has 1 heterocycles. The number of carbonyl (C=O) groups excluding carboxylic acids is 2. The smallest absolute Gasteiger partial charge is 0.343 e. The van der Waals surface area contributed by atoms with Crippen molar-refractivity contribution in [3.05, 3.63) is 88.5 Å². The third-order valence-electron chi connectivity index (χ3n) is 6.63. The van der Waals surface area contributed by atoms with Crippen molar-refractivity contribution in [1.29, 1.82) is 0 Å². The highest BCUT2D eigenvalue weighted by Gasteiger charge is 2.35. The summed E-state index contributed by atoms with van der Waals surface area (Å²) < 4.78 is 11.5. The number of aryl methyl sites for hydroxylation is 1. The highest BCUT2D eigenvalue weighted by molar-refractivity contribution is 6.01. The summed E-state index contributed by atoms with van der Waals surface area (Å²) in [5, 5.41) is 28.7. The van der Waals surface area contributed by atoms with Crippen molar-refractivity contribution in [1.82, 2.24) is 4.90 Å². The minimum Gasteiger partial charge on any atom is -0.489 e. The summed E-state index contributed by atoms with van der Waals surface area (Å²) in [5.74, 6) is -6.43. The van der Waals surface area contributed by atoms with Gasteiger partial charge in [0.2, 0.25) is 0 Å². The number of aliphatic imine (C=N–C) groups is 1. The maximum atomic E-state index is 14.0. The lowest BCUT2D eigenvalue weighted by molar-refractivity contribution is -0.149. The number of esters is 1. The van der Waals surface area contributed by atoms with E-state index in [1.54, 1.807) is 6.07 Å². The Bertz CT molecular complexity index is 1670. The van der Waals surface area contributed by atoms with Gasteiger partial charge in [0, 0.05) is 6.54 Å². The van der Waals surface area contributed by atoms with Crippen LogP contribution >= 0.6 is 0 Å². The molecule has 7 N–H and O–H groups in total. The number of aromatic carboxylic acids is 1. The molecule has 0 saturated heterocycles. The van der Waals surface area contributed by atoms with Crippen LogP contribution in [-0.4, -0.2) is 68.6 Å². The molecule has 1 aliphatic heterocycles. The Labute approximate surface area is 250 Å². The number of benzene rings is 3. The van der Waals surface area contributed by atoms with E-state index < -0.39 is 48.8 Å². The van der Waals surface area contributed by atoms with E-state index in [0.29, 0.717) is 24.1 Å². The molecule has 1 atom stereocenters. The average Bonchev–Trinajstić information content (AvgIpc) is 2.96. The second-order valence-electron chi connectivity index (χ2n) is 9.74. The van der Waals surface area contributed by atoms with Crippen LogP contribution < -0.4 is 20.9 Å². The number of para-hydroxylation sites is 1. The van der Waals surface area contributed by atoms with Crippen LogP contribution in [0.2, 0.25) is 0 Å². The van der Waals surface area contributed by atoms with Crippen molar-refractivity contribution in [3.8, 4) is 11.5 Å². The number of guanidine groups is 1. The van der Waals surface area contributed by atoms with Gasteiger partial charge >= 0.3 is 23.9 Å². The molecule has 3 aromatic carbocycles. The van der Waals surface area contributed by atoms with E-state index in [1.807, 2.05) is 0 Å². The number of fused-ring (bicyclic) bond motifs is 2. The van der Waals surface area contributed by atoms with Gasteiger partial charge in [0.05, 0.1) is 35.4 Å². The fourth-order valence-electron chi connectivity index (χ4n) is 4.68. The SMILES string of the molecule is NC(N)=Nc1ccc2c(c1)CCCOc1c(cccc1C(=O)N(Cc1cccc(C(=O)O)c1)[C@@H](CC(=O)O)C(=O)O)OC2=O. The zero-order valence-electron chi connectivity index (χ0n) is 23.1. The number of nitrogens with zero attached hydrogens (tertiary/aromatic N) is 2. The minimum atomic E-state index is -1.84. The second-order valence-corrected chi connectivity index (χ2v) is 9.74. The topological polar surface area (TPSA) is 232 Å². The van der Waals surface area contributed by atoms with E-state index in [0.717, 1.165) is 4.90 Å². The van der Waals surface area contributed by atoms with Gasteiger partial charge in [-0.2, -0.15) is 0 Å². The first-order valence-corrected chi connectivity index (χ1v) is 13.2. The van der Waals surface area contributed by atoms with Gasteiger partial charge in [-0.05, 0) is 66.4 Å². The summed E-state index contributed by atoms with van der Waals surface area (Å²) in [6.07, 6.45) is -0.200. The Balaban J connectivity index is 1.75. The third-order valence-corrected chi connectivity index (χ3v) is 6.63. The first kappa shape index (κ1) is 31.0. The molecule has 0 aromatic heterocycles. The van der Waals surface area contributed by atoms with Gasteiger partial charge < -0.3 is 41.2 Å². The van der Waals surface area contributed by atoms with Crippen LogP contribution in [0.1, 0.15) is 55.0 Å². The van der Waals surface area contributed by atoms with Crippen LogP contribution in [-0.2, 0) is 22.6 Å². The standard InChI is InChI=1S/C30H28N4O10/c31-30(32)33-19-9-10-20-17(13-19)6-3-11-43-25-21(7-2-8-23(25)44-29(20)42)26(37)34(22(28(40)41)14-24(35)36)15-16-4-1-5-18(12-16)27(38)39/h1-2,4-5,7-10,12-13,22H,3,6,11,14-15H2,(H,35,36)(H,38,39)(H,40,41)(H4,31,32,33)/t22-/m0/s1. The predicted octanol–water partition coefficient (Wildman–Crippen LogP) is 2.40. The van der Waals surface area contributed by atoms with Gasteiger partial charge in [0.1, 0.15) is 6.04 Å². The van der Waals surface area contributed by atoms with Gasteiger partial charge in [-0.3, -0.25) is 9.59 Å².